The number of halogens is 1. The molecule has 0 spiro atoms. The first-order valence-corrected chi connectivity index (χ1v) is 8.71. The summed E-state index contributed by atoms with van der Waals surface area (Å²) >= 11 is 7.99. The summed E-state index contributed by atoms with van der Waals surface area (Å²) in [6.07, 6.45) is 3.34. The molecule has 5 heteroatoms. The summed E-state index contributed by atoms with van der Waals surface area (Å²) in [5.74, 6) is 5.03. The van der Waals surface area contributed by atoms with Gasteiger partial charge in [-0.2, -0.15) is 11.8 Å². The molecule has 20 heavy (non-hydrogen) atoms. The number of benzene rings is 1. The average molecular weight is 311 g/mol. The van der Waals surface area contributed by atoms with Gasteiger partial charge in [-0.1, -0.05) is 0 Å². The molecule has 1 aromatic heterocycles. The van der Waals surface area contributed by atoms with Crippen LogP contribution in [0.15, 0.2) is 18.2 Å². The molecule has 3 rings (SSSR count). The van der Waals surface area contributed by atoms with Crippen molar-refractivity contribution < 1.29 is 4.74 Å². The smallest absolute Gasteiger partial charge is 0.121 e. The van der Waals surface area contributed by atoms with Crippen LogP contribution in [0, 0.1) is 0 Å². The van der Waals surface area contributed by atoms with Crippen molar-refractivity contribution in [3.05, 3.63) is 24.0 Å². The van der Waals surface area contributed by atoms with Gasteiger partial charge in [0.2, 0.25) is 0 Å². The second kappa shape index (κ2) is 6.27. The van der Waals surface area contributed by atoms with E-state index in [9.17, 15) is 0 Å². The van der Waals surface area contributed by atoms with Crippen LogP contribution in [0.25, 0.3) is 11.0 Å². The van der Waals surface area contributed by atoms with Crippen LogP contribution in [0.4, 0.5) is 0 Å². The van der Waals surface area contributed by atoms with E-state index >= 15 is 0 Å². The fraction of sp³-hybridized carbons (Fsp3) is 0.533. The Morgan fingerprint density at radius 1 is 1.50 bits per heavy atom. The molecule has 0 amide bonds. The summed E-state index contributed by atoms with van der Waals surface area (Å²) in [4.78, 5) is 4.78. The first kappa shape index (κ1) is 14.1. The molecule has 108 valence electrons. The predicted molar refractivity (Wildman–Crippen MR) is 86.3 cm³/mol. The van der Waals surface area contributed by atoms with Crippen LogP contribution in [-0.2, 0) is 6.42 Å². The van der Waals surface area contributed by atoms with E-state index in [1.54, 1.807) is 7.11 Å². The third-order valence-corrected chi connectivity index (χ3v) is 5.18. The molecule has 1 fully saturated rings. The van der Waals surface area contributed by atoms with E-state index in [-0.39, 0.29) is 0 Å². The van der Waals surface area contributed by atoms with E-state index in [1.165, 1.54) is 29.9 Å². The highest BCUT2D eigenvalue weighted by Crippen LogP contribution is 2.32. The zero-order valence-electron chi connectivity index (χ0n) is 11.6. The number of thioether (sulfide) groups is 1. The van der Waals surface area contributed by atoms with Gasteiger partial charge in [0, 0.05) is 30.2 Å². The normalized spacial score (nSPS) is 19.4. The van der Waals surface area contributed by atoms with Crippen molar-refractivity contribution in [3.8, 4) is 5.75 Å². The van der Waals surface area contributed by atoms with Gasteiger partial charge in [-0.05, 0) is 30.7 Å². The quantitative estimate of drug-likeness (QED) is 0.802. The van der Waals surface area contributed by atoms with Crippen molar-refractivity contribution in [1.82, 2.24) is 9.55 Å². The Bertz CT molecular complexity index is 593. The Kier molecular flexibility index (Phi) is 4.41. The minimum Gasteiger partial charge on any atom is -0.497 e. The molecule has 0 bridgehead atoms. The van der Waals surface area contributed by atoms with Crippen molar-refractivity contribution >= 4 is 34.4 Å². The number of aromatic nitrogens is 2. The Morgan fingerprint density at radius 3 is 3.10 bits per heavy atom. The van der Waals surface area contributed by atoms with Gasteiger partial charge < -0.3 is 9.30 Å². The largest absolute Gasteiger partial charge is 0.497 e. The monoisotopic (exact) mass is 310 g/mol. The minimum absolute atomic E-state index is 0.547. The number of nitrogens with zero attached hydrogens (tertiary/aromatic N) is 2. The fourth-order valence-electron chi connectivity index (χ4n) is 2.85. The van der Waals surface area contributed by atoms with Crippen LogP contribution in [0.1, 0.15) is 24.7 Å². The van der Waals surface area contributed by atoms with Crippen LogP contribution in [0.5, 0.6) is 5.75 Å². The summed E-state index contributed by atoms with van der Waals surface area (Å²) in [6.45, 7) is 0. The lowest BCUT2D eigenvalue weighted by molar-refractivity contribution is 0.415. The van der Waals surface area contributed by atoms with Gasteiger partial charge in [0.15, 0.2) is 0 Å². The summed E-state index contributed by atoms with van der Waals surface area (Å²) in [5.41, 5.74) is 2.22. The lowest BCUT2D eigenvalue weighted by Gasteiger charge is -2.25. The molecule has 1 aromatic carbocycles. The number of hydrogen-bond acceptors (Lipinski definition) is 3. The van der Waals surface area contributed by atoms with Crippen molar-refractivity contribution in [2.75, 3.05) is 24.5 Å². The third kappa shape index (κ3) is 2.63. The third-order valence-electron chi connectivity index (χ3n) is 3.79. The van der Waals surface area contributed by atoms with E-state index in [0.29, 0.717) is 11.9 Å². The lowest BCUT2D eigenvalue weighted by atomic mass is 10.1. The molecule has 0 N–H and O–H groups in total. The maximum Gasteiger partial charge on any atom is 0.121 e. The Morgan fingerprint density at radius 2 is 2.40 bits per heavy atom. The van der Waals surface area contributed by atoms with Gasteiger partial charge in [-0.15, -0.1) is 11.6 Å². The first-order chi connectivity index (χ1) is 9.83. The highest BCUT2D eigenvalue weighted by molar-refractivity contribution is 7.99. The van der Waals surface area contributed by atoms with Crippen LogP contribution >= 0.6 is 23.4 Å². The zero-order valence-corrected chi connectivity index (χ0v) is 13.2. The van der Waals surface area contributed by atoms with Crippen LogP contribution in [-0.4, -0.2) is 34.0 Å². The molecule has 2 aromatic rings. The van der Waals surface area contributed by atoms with E-state index in [2.05, 4.69) is 10.6 Å². The SMILES string of the molecule is COc1ccc2c(c1)nc(CCCl)n2C1CCCSC1. The maximum absolute atomic E-state index is 5.95. The van der Waals surface area contributed by atoms with Gasteiger partial charge in [-0.25, -0.2) is 4.98 Å². The van der Waals surface area contributed by atoms with Crippen LogP contribution < -0.4 is 4.74 Å². The number of fused-ring (bicyclic) bond motifs is 1. The van der Waals surface area contributed by atoms with E-state index in [4.69, 9.17) is 21.3 Å². The van der Waals surface area contributed by atoms with Gasteiger partial charge >= 0.3 is 0 Å². The van der Waals surface area contributed by atoms with E-state index in [0.717, 1.165) is 23.5 Å². The molecule has 0 saturated carbocycles. The van der Waals surface area contributed by atoms with Crippen LogP contribution in [0.3, 0.4) is 0 Å². The predicted octanol–water partition coefficient (Wildman–Crippen LogP) is 3.89. The summed E-state index contributed by atoms with van der Waals surface area (Å²) in [7, 11) is 1.69. The summed E-state index contributed by atoms with van der Waals surface area (Å²) in [5, 5.41) is 0. The molecule has 0 radical (unpaired) electrons. The lowest BCUT2D eigenvalue weighted by Crippen LogP contribution is -2.18. The molecular weight excluding hydrogens is 292 g/mol. The minimum atomic E-state index is 0.547. The first-order valence-electron chi connectivity index (χ1n) is 7.02. The molecular formula is C15H19ClN2OS. The number of hydrogen-bond donors (Lipinski definition) is 0. The Hall–Kier alpha value is -0.870. The standard InChI is InChI=1S/C15H19ClN2OS/c1-19-12-4-5-14-13(9-12)17-15(6-7-16)18(14)11-3-2-8-20-10-11/h4-5,9,11H,2-3,6-8,10H2,1H3. The molecule has 1 saturated heterocycles. The molecule has 1 aliphatic rings. The molecule has 1 unspecified atom stereocenters. The zero-order chi connectivity index (χ0) is 13.9. The number of ether oxygens (including phenoxy) is 1. The summed E-state index contributed by atoms with van der Waals surface area (Å²) in [6, 6.07) is 6.70. The topological polar surface area (TPSA) is 27.1 Å². The summed E-state index contributed by atoms with van der Waals surface area (Å²) < 4.78 is 7.70. The number of methoxy groups -OCH3 is 1. The fourth-order valence-corrected chi connectivity index (χ4v) is 4.15. The van der Waals surface area contributed by atoms with Crippen molar-refractivity contribution in [1.29, 1.82) is 0 Å². The Balaban J connectivity index is 2.08. The number of aryl methyl sites for hydroxylation is 1. The van der Waals surface area contributed by atoms with Gasteiger partial charge in [0.05, 0.1) is 18.1 Å². The molecule has 0 aliphatic carbocycles. The number of rotatable bonds is 4. The highest BCUT2D eigenvalue weighted by Gasteiger charge is 2.21. The Labute approximate surface area is 128 Å². The molecule has 1 atom stereocenters. The molecule has 3 nitrogen and oxygen atoms in total. The maximum atomic E-state index is 5.95. The van der Waals surface area contributed by atoms with Gasteiger partial charge in [-0.3, -0.25) is 0 Å². The van der Waals surface area contributed by atoms with Gasteiger partial charge in [0.25, 0.3) is 0 Å². The van der Waals surface area contributed by atoms with Gasteiger partial charge in [0.1, 0.15) is 11.6 Å². The number of imidazole rings is 1. The highest BCUT2D eigenvalue weighted by atomic mass is 35.5. The average Bonchev–Trinajstić information content (AvgIpc) is 2.85. The van der Waals surface area contributed by atoms with E-state index < -0.39 is 0 Å². The second-order valence-corrected chi connectivity index (χ2v) is 6.59. The van der Waals surface area contributed by atoms with E-state index in [1.807, 2.05) is 23.9 Å². The second-order valence-electron chi connectivity index (χ2n) is 5.06. The van der Waals surface area contributed by atoms with Crippen molar-refractivity contribution in [2.45, 2.75) is 25.3 Å². The van der Waals surface area contributed by atoms with Crippen molar-refractivity contribution in [3.63, 3.8) is 0 Å². The molecule has 2 heterocycles. The molecule has 1 aliphatic heterocycles. The van der Waals surface area contributed by atoms with Crippen LogP contribution in [0.2, 0.25) is 0 Å². The number of alkyl halides is 1. The van der Waals surface area contributed by atoms with Crippen molar-refractivity contribution in [2.24, 2.45) is 0 Å².